The third kappa shape index (κ3) is 15.3. The van der Waals surface area contributed by atoms with Crippen molar-refractivity contribution in [3.8, 4) is 0 Å². The molecule has 1 aliphatic heterocycles. The van der Waals surface area contributed by atoms with Gasteiger partial charge in [0, 0.05) is 25.8 Å². The highest BCUT2D eigenvalue weighted by molar-refractivity contribution is 7.81. The summed E-state index contributed by atoms with van der Waals surface area (Å²) in [5, 5.41) is 104. The molecule has 1 fully saturated rings. The summed E-state index contributed by atoms with van der Waals surface area (Å²) in [5.74, 6) is -2.51. The lowest BCUT2D eigenvalue weighted by Crippen LogP contribution is -2.43. The van der Waals surface area contributed by atoms with Crippen LogP contribution in [-0.2, 0) is 9.59 Å². The molecule has 15 atom stereocenters. The van der Waals surface area contributed by atoms with E-state index in [1.807, 2.05) is 20.8 Å². The number of allylic oxidation sites excluding steroid dienone is 2. The largest absolute Gasteiger partial charge is 0.507 e. The molecule has 0 bridgehead atoms. The molecule has 1 amide bonds. The molecule has 14 heteroatoms. The predicted octanol–water partition coefficient (Wildman–Crippen LogP) is 1.80. The molecule has 0 aromatic rings. The molecule has 0 saturated carbocycles. The first kappa shape index (κ1) is 48.4. The molecule has 0 radical (unpaired) electrons. The third-order valence-corrected chi connectivity index (χ3v) is 11.3. The van der Waals surface area contributed by atoms with Crippen LogP contribution in [0, 0.1) is 23.7 Å². The Hall–Kier alpha value is -1.59. The second-order valence-electron chi connectivity index (χ2n) is 15.8. The number of likely N-dealkylation sites (N-methyl/N-ethyl adjacent to an activating group) is 1. The van der Waals surface area contributed by atoms with Crippen molar-refractivity contribution >= 4 is 24.3 Å². The summed E-state index contributed by atoms with van der Waals surface area (Å²) in [6, 6.07) is -0.650. The Morgan fingerprint density at radius 3 is 1.81 bits per heavy atom. The number of aliphatic hydroxyl groups excluding tert-OH is 10. The number of rotatable bonds is 24. The van der Waals surface area contributed by atoms with Crippen LogP contribution in [0.15, 0.2) is 23.0 Å². The number of hydrogen-bond acceptors (Lipinski definition) is 13. The van der Waals surface area contributed by atoms with Crippen molar-refractivity contribution in [2.75, 3.05) is 7.05 Å². The number of likely N-dealkylation sites (tertiary alicyclic amines) is 1. The second kappa shape index (κ2) is 22.7. The average Bonchev–Trinajstić information content (AvgIpc) is 3.23. The van der Waals surface area contributed by atoms with Crippen molar-refractivity contribution in [2.24, 2.45) is 23.7 Å². The second-order valence-corrected chi connectivity index (χ2v) is 16.4. The molecule has 15 unspecified atom stereocenters. The number of carbonyl (C=O) groups is 2. The Kier molecular flexibility index (Phi) is 21.1. The molecule has 0 aromatic carbocycles. The van der Waals surface area contributed by atoms with Gasteiger partial charge in [0.15, 0.2) is 5.78 Å². The number of Topliss-reactive ketones (excluding diaryl/α,β-unsaturated/α-hetero) is 1. The zero-order valence-corrected chi connectivity index (χ0v) is 33.2. The smallest absolute Gasteiger partial charge is 0.261 e. The highest BCUT2D eigenvalue weighted by Gasteiger charge is 2.41. The Morgan fingerprint density at radius 1 is 0.750 bits per heavy atom. The van der Waals surface area contributed by atoms with Gasteiger partial charge in [-0.3, -0.25) is 9.59 Å². The monoisotopic (exact) mass is 763 g/mol. The van der Waals surface area contributed by atoms with Crippen LogP contribution in [0.25, 0.3) is 0 Å². The lowest BCUT2D eigenvalue weighted by molar-refractivity contribution is -0.125. The predicted molar refractivity (Wildman–Crippen MR) is 201 cm³/mol. The fraction of sp³-hybridized carbons (Fsp3) is 0.842. The van der Waals surface area contributed by atoms with Crippen molar-refractivity contribution in [1.82, 2.24) is 4.90 Å². The third-order valence-electron chi connectivity index (χ3n) is 10.6. The minimum Gasteiger partial charge on any atom is -0.507 e. The zero-order chi connectivity index (χ0) is 40.2. The van der Waals surface area contributed by atoms with Gasteiger partial charge in [-0.15, -0.1) is 0 Å². The highest BCUT2D eigenvalue weighted by atomic mass is 32.1. The standard InChI is InChI=1S/C38H69NO12S/c1-19(13-22(4)34(48)33-36(50)25(7)39(8)38(33)51)12-20(2)14-30(45)35(49)24(6)29(44)18-32(47)37(52)31(46)17-27(42)15-26(41)16-28(43)21(3)10-9-11-23(5)40/h13,19-21,23-32,35,37,40-49,52H,9-12,14-18H2,1-8H3/b22-13+,34-33+. The van der Waals surface area contributed by atoms with Gasteiger partial charge in [0.05, 0.1) is 66.2 Å². The molecular weight excluding hydrogens is 694 g/mol. The van der Waals surface area contributed by atoms with E-state index in [9.17, 15) is 60.7 Å². The molecule has 52 heavy (non-hydrogen) atoms. The molecule has 1 aliphatic rings. The summed E-state index contributed by atoms with van der Waals surface area (Å²) in [6.45, 7) is 12.1. The number of nitrogens with zero attached hydrogens (tertiary/aromatic N) is 1. The van der Waals surface area contributed by atoms with Crippen LogP contribution in [0.2, 0.25) is 0 Å². The summed E-state index contributed by atoms with van der Waals surface area (Å²) in [5.41, 5.74) is 0.154. The van der Waals surface area contributed by atoms with Gasteiger partial charge >= 0.3 is 0 Å². The fourth-order valence-corrected chi connectivity index (χ4v) is 7.16. The number of hydrogen-bond donors (Lipinski definition) is 11. The summed E-state index contributed by atoms with van der Waals surface area (Å²) >= 11 is 4.29. The molecule has 0 aliphatic carbocycles. The molecule has 1 saturated heterocycles. The van der Waals surface area contributed by atoms with Crippen molar-refractivity contribution in [3.05, 3.63) is 23.0 Å². The van der Waals surface area contributed by atoms with Gasteiger partial charge in [-0.2, -0.15) is 12.6 Å². The Balaban J connectivity index is 2.60. The average molecular weight is 764 g/mol. The lowest BCUT2D eigenvalue weighted by atomic mass is 9.84. The molecule has 304 valence electrons. The van der Waals surface area contributed by atoms with E-state index in [-0.39, 0.29) is 61.2 Å². The fourth-order valence-electron chi connectivity index (χ4n) is 6.91. The van der Waals surface area contributed by atoms with Crippen LogP contribution < -0.4 is 0 Å². The van der Waals surface area contributed by atoms with Gasteiger partial charge in [-0.1, -0.05) is 40.2 Å². The first-order valence-electron chi connectivity index (χ1n) is 18.7. The summed E-state index contributed by atoms with van der Waals surface area (Å²) in [4.78, 5) is 26.2. The Labute approximate surface area is 315 Å². The van der Waals surface area contributed by atoms with E-state index in [1.165, 1.54) is 18.9 Å². The van der Waals surface area contributed by atoms with Gasteiger partial charge in [-0.25, -0.2) is 0 Å². The van der Waals surface area contributed by atoms with Crippen LogP contribution in [0.1, 0.15) is 106 Å². The molecular formula is C38H69NO12S. The summed E-state index contributed by atoms with van der Waals surface area (Å²) in [7, 11) is 1.50. The quantitative estimate of drug-likeness (QED) is 0.0292. The summed E-state index contributed by atoms with van der Waals surface area (Å²) in [6.07, 6.45) is -5.91. The van der Waals surface area contributed by atoms with Crippen molar-refractivity contribution in [1.29, 1.82) is 0 Å². The minimum atomic E-state index is -1.34. The first-order chi connectivity index (χ1) is 24.0. The van der Waals surface area contributed by atoms with Crippen LogP contribution in [0.3, 0.4) is 0 Å². The number of aliphatic hydroxyl groups is 10. The molecule has 1 rings (SSSR count). The highest BCUT2D eigenvalue weighted by Crippen LogP contribution is 2.29. The van der Waals surface area contributed by atoms with E-state index in [2.05, 4.69) is 12.6 Å². The number of carbonyl (C=O) groups excluding carboxylic acids is 2. The van der Waals surface area contributed by atoms with Crippen molar-refractivity contribution < 1.29 is 60.7 Å². The van der Waals surface area contributed by atoms with Gasteiger partial charge in [0.25, 0.3) is 5.91 Å². The van der Waals surface area contributed by atoms with E-state index in [0.717, 1.165) is 6.42 Å². The van der Waals surface area contributed by atoms with Gasteiger partial charge in [-0.05, 0) is 82.6 Å². The van der Waals surface area contributed by atoms with E-state index in [1.54, 1.807) is 26.8 Å². The molecule has 1 heterocycles. The van der Waals surface area contributed by atoms with Crippen LogP contribution in [0.4, 0.5) is 0 Å². The maximum atomic E-state index is 12.5. The maximum absolute atomic E-state index is 12.5. The van der Waals surface area contributed by atoms with E-state index in [4.69, 9.17) is 0 Å². The van der Waals surface area contributed by atoms with Crippen LogP contribution in [0.5, 0.6) is 0 Å². The SMILES string of the molecule is CC(=C\C(C)CC(C)CC(O)C(O)C(C)C(O)CC(O)C(S)C(O)CC(O)CC(O)CC(O)C(C)CCCC(C)O)/C(O)=C1/C(=O)C(C)N(C)C1=O. The van der Waals surface area contributed by atoms with E-state index in [0.29, 0.717) is 24.8 Å². The molecule has 13 nitrogen and oxygen atoms in total. The van der Waals surface area contributed by atoms with Gasteiger partial charge in [0.2, 0.25) is 0 Å². The van der Waals surface area contributed by atoms with Crippen LogP contribution >= 0.6 is 12.6 Å². The minimum absolute atomic E-state index is 0.0373. The Bertz CT molecular complexity index is 1140. The van der Waals surface area contributed by atoms with Crippen molar-refractivity contribution in [3.63, 3.8) is 0 Å². The normalized spacial score (nSPS) is 25.0. The molecule has 10 N–H and O–H groups in total. The topological polar surface area (TPSA) is 240 Å². The van der Waals surface area contributed by atoms with Gasteiger partial charge < -0.3 is 56.0 Å². The van der Waals surface area contributed by atoms with E-state index >= 15 is 0 Å². The maximum Gasteiger partial charge on any atom is 0.261 e. The lowest BCUT2D eigenvalue weighted by Gasteiger charge is -2.32. The Morgan fingerprint density at radius 2 is 1.29 bits per heavy atom. The number of ketones is 1. The summed E-state index contributed by atoms with van der Waals surface area (Å²) < 4.78 is 0. The zero-order valence-electron chi connectivity index (χ0n) is 32.3. The van der Waals surface area contributed by atoms with Gasteiger partial charge in [0.1, 0.15) is 11.3 Å². The molecule has 0 spiro atoms. The molecule has 0 aromatic heterocycles. The van der Waals surface area contributed by atoms with Crippen LogP contribution in [-0.4, -0.2) is 141 Å². The first-order valence-corrected chi connectivity index (χ1v) is 19.2. The van der Waals surface area contributed by atoms with E-state index < -0.39 is 83.8 Å². The van der Waals surface area contributed by atoms with Crippen molar-refractivity contribution in [2.45, 2.75) is 172 Å². The number of thiol groups is 1. The number of amides is 1.